The van der Waals surface area contributed by atoms with Crippen molar-refractivity contribution in [2.45, 2.75) is 25.8 Å². The van der Waals surface area contributed by atoms with Crippen molar-refractivity contribution < 1.29 is 19.1 Å². The van der Waals surface area contributed by atoms with Crippen molar-refractivity contribution in [3.05, 3.63) is 95.1 Å². The van der Waals surface area contributed by atoms with Crippen LogP contribution in [0.5, 0.6) is 5.75 Å². The molecule has 0 aliphatic carbocycles. The van der Waals surface area contributed by atoms with Crippen LogP contribution in [0.4, 0.5) is 5.69 Å². The number of carbonyl (C=O) groups is 3. The largest absolute Gasteiger partial charge is 0.496 e. The number of ether oxygens (including phenoxy) is 1. The van der Waals surface area contributed by atoms with Gasteiger partial charge in [0.15, 0.2) is 0 Å². The number of imide groups is 1. The van der Waals surface area contributed by atoms with Gasteiger partial charge >= 0.3 is 0 Å². The van der Waals surface area contributed by atoms with Gasteiger partial charge in [-0.2, -0.15) is 0 Å². The average Bonchev–Trinajstić information content (AvgIpc) is 3.12. The molecule has 0 spiro atoms. The summed E-state index contributed by atoms with van der Waals surface area (Å²) >= 11 is 0. The molecule has 1 N–H and O–H groups in total. The van der Waals surface area contributed by atoms with Crippen LogP contribution in [0.15, 0.2) is 72.8 Å². The summed E-state index contributed by atoms with van der Waals surface area (Å²) in [4.78, 5) is 37.6. The third kappa shape index (κ3) is 4.86. The van der Waals surface area contributed by atoms with Gasteiger partial charge < -0.3 is 10.1 Å². The van der Waals surface area contributed by atoms with Gasteiger partial charge in [0.05, 0.1) is 13.7 Å². The minimum atomic E-state index is -0.235. The van der Waals surface area contributed by atoms with Crippen molar-refractivity contribution >= 4 is 23.4 Å². The highest BCUT2D eigenvalue weighted by atomic mass is 16.5. The van der Waals surface area contributed by atoms with Gasteiger partial charge in [-0.1, -0.05) is 42.5 Å². The van der Waals surface area contributed by atoms with E-state index in [-0.39, 0.29) is 37.1 Å². The molecule has 0 aromatic heterocycles. The van der Waals surface area contributed by atoms with Crippen LogP contribution in [-0.4, -0.2) is 29.7 Å². The molecule has 4 rings (SSSR count). The fourth-order valence-corrected chi connectivity index (χ4v) is 3.76. The summed E-state index contributed by atoms with van der Waals surface area (Å²) in [5.74, 6) is 0.230. The molecule has 6 nitrogen and oxygen atoms in total. The Kier molecular flexibility index (Phi) is 6.31. The van der Waals surface area contributed by atoms with E-state index in [2.05, 4.69) is 17.4 Å². The van der Waals surface area contributed by atoms with E-state index in [0.717, 1.165) is 22.4 Å². The number of benzene rings is 3. The molecule has 3 aromatic rings. The number of nitrogens with zero attached hydrogens (tertiary/aromatic N) is 1. The van der Waals surface area contributed by atoms with Gasteiger partial charge in [-0.05, 0) is 41.5 Å². The first-order valence-corrected chi connectivity index (χ1v) is 10.5. The lowest BCUT2D eigenvalue weighted by molar-refractivity contribution is -0.139. The van der Waals surface area contributed by atoms with E-state index in [1.807, 2.05) is 36.4 Å². The second-order valence-corrected chi connectivity index (χ2v) is 7.71. The maximum Gasteiger partial charge on any atom is 0.255 e. The van der Waals surface area contributed by atoms with E-state index < -0.39 is 0 Å². The number of carbonyl (C=O) groups excluding carboxylic acids is 3. The van der Waals surface area contributed by atoms with E-state index in [0.29, 0.717) is 17.7 Å². The van der Waals surface area contributed by atoms with Gasteiger partial charge in [-0.25, -0.2) is 0 Å². The standard InChI is InChI=1S/C26H24N2O4/c1-32-23-12-11-22(16-21(23)15-18-5-3-2-4-6-18)27-26(31)20-9-7-19(8-10-20)17-28-24(29)13-14-25(28)30/h2-12,16H,13-15,17H2,1H3,(H,27,31). The van der Waals surface area contributed by atoms with E-state index >= 15 is 0 Å². The van der Waals surface area contributed by atoms with E-state index in [4.69, 9.17) is 4.74 Å². The smallest absolute Gasteiger partial charge is 0.255 e. The fourth-order valence-electron chi connectivity index (χ4n) is 3.76. The Morgan fingerprint density at radius 1 is 0.906 bits per heavy atom. The molecule has 3 aromatic carbocycles. The molecule has 1 heterocycles. The van der Waals surface area contributed by atoms with Gasteiger partial charge in [0, 0.05) is 36.1 Å². The summed E-state index contributed by atoms with van der Waals surface area (Å²) in [5.41, 5.74) is 4.11. The maximum absolute atomic E-state index is 12.7. The number of amides is 3. The average molecular weight is 428 g/mol. The lowest BCUT2D eigenvalue weighted by atomic mass is 10.0. The number of hydrogen-bond acceptors (Lipinski definition) is 4. The van der Waals surface area contributed by atoms with Crippen LogP contribution in [0, 0.1) is 0 Å². The predicted molar refractivity (Wildman–Crippen MR) is 121 cm³/mol. The highest BCUT2D eigenvalue weighted by molar-refractivity contribution is 6.04. The molecule has 3 amide bonds. The minimum Gasteiger partial charge on any atom is -0.496 e. The Bertz CT molecular complexity index is 1120. The number of hydrogen-bond donors (Lipinski definition) is 1. The van der Waals surface area contributed by atoms with E-state index in [1.54, 1.807) is 31.4 Å². The van der Waals surface area contributed by atoms with Crippen LogP contribution >= 0.6 is 0 Å². The third-order valence-corrected chi connectivity index (χ3v) is 5.49. The summed E-state index contributed by atoms with van der Waals surface area (Å²) < 4.78 is 5.48. The van der Waals surface area contributed by atoms with Gasteiger partial charge in [0.1, 0.15) is 5.75 Å². The Balaban J connectivity index is 1.44. The normalized spacial score (nSPS) is 13.3. The highest BCUT2D eigenvalue weighted by Crippen LogP contribution is 2.26. The quantitative estimate of drug-likeness (QED) is 0.573. The van der Waals surface area contributed by atoms with Crippen molar-refractivity contribution in [3.63, 3.8) is 0 Å². The second-order valence-electron chi connectivity index (χ2n) is 7.71. The molecule has 1 aliphatic heterocycles. The first-order valence-electron chi connectivity index (χ1n) is 10.5. The second kappa shape index (κ2) is 9.47. The van der Waals surface area contributed by atoms with Crippen LogP contribution in [0.25, 0.3) is 0 Å². The molecular formula is C26H24N2O4. The lowest BCUT2D eigenvalue weighted by Gasteiger charge is -2.14. The van der Waals surface area contributed by atoms with Crippen molar-refractivity contribution in [2.24, 2.45) is 0 Å². The summed E-state index contributed by atoms with van der Waals surface area (Å²) in [6.07, 6.45) is 1.23. The van der Waals surface area contributed by atoms with Crippen LogP contribution in [0.1, 0.15) is 39.9 Å². The summed E-state index contributed by atoms with van der Waals surface area (Å²) in [6.45, 7) is 0.237. The maximum atomic E-state index is 12.7. The molecule has 162 valence electrons. The molecule has 0 atom stereocenters. The third-order valence-electron chi connectivity index (χ3n) is 5.49. The Morgan fingerprint density at radius 3 is 2.25 bits per heavy atom. The molecule has 0 saturated carbocycles. The number of nitrogens with one attached hydrogen (secondary N) is 1. The zero-order valence-corrected chi connectivity index (χ0v) is 17.8. The summed E-state index contributed by atoms with van der Waals surface area (Å²) in [5, 5.41) is 2.93. The van der Waals surface area contributed by atoms with Gasteiger partial charge in [-0.3, -0.25) is 19.3 Å². The number of anilines is 1. The molecule has 0 radical (unpaired) electrons. The van der Waals surface area contributed by atoms with Crippen LogP contribution in [0.2, 0.25) is 0 Å². The van der Waals surface area contributed by atoms with Crippen molar-refractivity contribution in [3.8, 4) is 5.75 Å². The van der Waals surface area contributed by atoms with Gasteiger partial charge in [0.2, 0.25) is 11.8 Å². The van der Waals surface area contributed by atoms with E-state index in [9.17, 15) is 14.4 Å². The lowest BCUT2D eigenvalue weighted by Crippen LogP contribution is -2.28. The summed E-state index contributed by atoms with van der Waals surface area (Å²) in [7, 11) is 1.63. The number of rotatable bonds is 7. The molecule has 6 heteroatoms. The Morgan fingerprint density at radius 2 is 1.59 bits per heavy atom. The molecule has 0 unspecified atom stereocenters. The first-order chi connectivity index (χ1) is 15.5. The van der Waals surface area contributed by atoms with E-state index in [1.165, 1.54) is 4.90 Å². The molecule has 32 heavy (non-hydrogen) atoms. The fraction of sp³-hybridized carbons (Fsp3) is 0.192. The minimum absolute atomic E-state index is 0.150. The van der Waals surface area contributed by atoms with Crippen LogP contribution in [-0.2, 0) is 22.6 Å². The molecule has 1 fully saturated rings. The van der Waals surface area contributed by atoms with Crippen molar-refractivity contribution in [2.75, 3.05) is 12.4 Å². The van der Waals surface area contributed by atoms with Crippen molar-refractivity contribution in [1.29, 1.82) is 0 Å². The highest BCUT2D eigenvalue weighted by Gasteiger charge is 2.28. The zero-order chi connectivity index (χ0) is 22.5. The molecular weight excluding hydrogens is 404 g/mol. The van der Waals surface area contributed by atoms with Gasteiger partial charge in [-0.15, -0.1) is 0 Å². The molecule has 1 saturated heterocycles. The van der Waals surface area contributed by atoms with Crippen LogP contribution < -0.4 is 10.1 Å². The predicted octanol–water partition coefficient (Wildman–Crippen LogP) is 4.19. The zero-order valence-electron chi connectivity index (χ0n) is 17.8. The van der Waals surface area contributed by atoms with Gasteiger partial charge in [0.25, 0.3) is 5.91 Å². The number of likely N-dealkylation sites (tertiary alicyclic amines) is 1. The molecule has 1 aliphatic rings. The number of methoxy groups -OCH3 is 1. The molecule has 0 bridgehead atoms. The summed E-state index contributed by atoms with van der Waals surface area (Å²) in [6, 6.07) is 22.6. The topological polar surface area (TPSA) is 75.7 Å². The first kappa shape index (κ1) is 21.3. The Labute approximate surface area is 186 Å². The Hall–Kier alpha value is -3.93. The SMILES string of the molecule is COc1ccc(NC(=O)c2ccc(CN3C(=O)CCC3=O)cc2)cc1Cc1ccccc1. The van der Waals surface area contributed by atoms with Crippen LogP contribution in [0.3, 0.4) is 0 Å². The monoisotopic (exact) mass is 428 g/mol. The van der Waals surface area contributed by atoms with Crippen molar-refractivity contribution in [1.82, 2.24) is 4.90 Å².